The molecule has 13 heavy (non-hydrogen) atoms. The van der Waals surface area contributed by atoms with Crippen LogP contribution in [0.5, 0.6) is 0 Å². The van der Waals surface area contributed by atoms with E-state index >= 15 is 0 Å². The zero-order valence-electron chi connectivity index (χ0n) is 6.86. The van der Waals surface area contributed by atoms with Crippen LogP contribution in [0.4, 0.5) is 0 Å². The van der Waals surface area contributed by atoms with Crippen LogP contribution in [-0.4, -0.2) is 15.1 Å². The van der Waals surface area contributed by atoms with E-state index in [-0.39, 0.29) is 0 Å². The highest BCUT2D eigenvalue weighted by Gasteiger charge is 2.06. The topological polar surface area (TPSA) is 51.8 Å². The van der Waals surface area contributed by atoms with E-state index in [0.717, 1.165) is 11.1 Å². The Morgan fingerprint density at radius 3 is 2.85 bits per heavy atom. The van der Waals surface area contributed by atoms with E-state index in [0.29, 0.717) is 9.72 Å². The Morgan fingerprint density at radius 1 is 1.38 bits per heavy atom. The zero-order valence-corrected chi connectivity index (χ0v) is 9.02. The normalized spacial score (nSPS) is 10.3. The van der Waals surface area contributed by atoms with E-state index in [9.17, 15) is 0 Å². The molecule has 2 aromatic heterocycles. The number of hydrogen-bond donors (Lipinski definition) is 0. The second-order valence-corrected chi connectivity index (χ2v) is 3.58. The van der Waals surface area contributed by atoms with Gasteiger partial charge in [-0.3, -0.25) is 4.98 Å². The average Bonchev–Trinajstić information content (AvgIpc) is 2.52. The van der Waals surface area contributed by atoms with E-state index in [2.05, 4.69) is 15.1 Å². The van der Waals surface area contributed by atoms with E-state index in [1.54, 1.807) is 12.4 Å². The molecule has 2 heterocycles. The van der Waals surface area contributed by atoms with Crippen LogP contribution in [0.2, 0.25) is 0 Å². The highest BCUT2D eigenvalue weighted by atomic mass is 127. The zero-order chi connectivity index (χ0) is 9.26. The fourth-order valence-electron chi connectivity index (χ4n) is 0.995. The van der Waals surface area contributed by atoms with Gasteiger partial charge in [0.1, 0.15) is 0 Å². The highest BCUT2D eigenvalue weighted by Crippen LogP contribution is 2.16. The van der Waals surface area contributed by atoms with Crippen molar-refractivity contribution in [1.29, 1.82) is 0 Å². The summed E-state index contributed by atoms with van der Waals surface area (Å²) in [5.41, 5.74) is 1.93. The lowest BCUT2D eigenvalue weighted by Gasteiger charge is -1.93. The van der Waals surface area contributed by atoms with Gasteiger partial charge in [0, 0.05) is 35.0 Å². The molecule has 0 fully saturated rings. The van der Waals surface area contributed by atoms with Gasteiger partial charge < -0.3 is 4.52 Å². The van der Waals surface area contributed by atoms with Crippen molar-refractivity contribution in [2.24, 2.45) is 0 Å². The molecule has 0 aliphatic carbocycles. The highest BCUT2D eigenvalue weighted by molar-refractivity contribution is 14.1. The molecule has 0 aliphatic heterocycles. The van der Waals surface area contributed by atoms with Gasteiger partial charge in [-0.15, -0.1) is 0 Å². The maximum Gasteiger partial charge on any atom is 0.260 e. The fourth-order valence-corrected chi connectivity index (χ4v) is 1.31. The second kappa shape index (κ2) is 3.41. The summed E-state index contributed by atoms with van der Waals surface area (Å²) < 4.78 is 5.60. The summed E-state index contributed by atoms with van der Waals surface area (Å²) in [4.78, 5) is 8.13. The lowest BCUT2D eigenvalue weighted by Crippen LogP contribution is -1.82. The third-order valence-electron chi connectivity index (χ3n) is 1.52. The molecule has 0 bridgehead atoms. The third kappa shape index (κ3) is 1.85. The molecule has 2 aromatic rings. The molecule has 0 spiro atoms. The first-order valence-electron chi connectivity index (χ1n) is 3.67. The van der Waals surface area contributed by atoms with Gasteiger partial charge in [0.25, 0.3) is 5.89 Å². The van der Waals surface area contributed by atoms with E-state index in [1.807, 2.05) is 35.6 Å². The van der Waals surface area contributed by atoms with Gasteiger partial charge in [0.05, 0.1) is 5.56 Å². The van der Waals surface area contributed by atoms with Crippen molar-refractivity contribution in [2.45, 2.75) is 6.92 Å². The first-order chi connectivity index (χ1) is 6.25. The molecule has 66 valence electrons. The molecule has 0 atom stereocenters. The SMILES string of the molecule is Cc1cncc(-c2nc(I)no2)c1. The van der Waals surface area contributed by atoms with Crippen molar-refractivity contribution in [3.63, 3.8) is 0 Å². The first-order valence-corrected chi connectivity index (χ1v) is 4.75. The molecule has 5 heteroatoms. The lowest BCUT2D eigenvalue weighted by molar-refractivity contribution is 0.425. The van der Waals surface area contributed by atoms with Crippen LogP contribution < -0.4 is 0 Å². The van der Waals surface area contributed by atoms with Gasteiger partial charge in [0.15, 0.2) is 0 Å². The molecule has 0 radical (unpaired) electrons. The molecule has 0 N–H and O–H groups in total. The average molecular weight is 287 g/mol. The van der Waals surface area contributed by atoms with Gasteiger partial charge in [-0.1, -0.05) is 5.16 Å². The summed E-state index contributed by atoms with van der Waals surface area (Å²) in [6.07, 6.45) is 3.49. The van der Waals surface area contributed by atoms with E-state index in [4.69, 9.17) is 4.52 Å². The van der Waals surface area contributed by atoms with E-state index < -0.39 is 0 Å². The van der Waals surface area contributed by atoms with E-state index in [1.165, 1.54) is 0 Å². The summed E-state index contributed by atoms with van der Waals surface area (Å²) >= 11 is 2.00. The predicted molar refractivity (Wildman–Crippen MR) is 55.0 cm³/mol. The molecule has 0 saturated carbocycles. The Bertz CT molecular complexity index is 427. The molecular formula is C8H6IN3O. The van der Waals surface area contributed by atoms with Gasteiger partial charge in [0.2, 0.25) is 3.83 Å². The molecule has 2 rings (SSSR count). The molecule has 0 saturated heterocycles. The molecular weight excluding hydrogens is 281 g/mol. The van der Waals surface area contributed by atoms with Crippen LogP contribution in [0, 0.1) is 10.8 Å². The molecule has 0 amide bonds. The maximum absolute atomic E-state index is 5.00. The van der Waals surface area contributed by atoms with Gasteiger partial charge in [-0.25, -0.2) is 0 Å². The number of aryl methyl sites for hydroxylation is 1. The Hall–Kier alpha value is -0.980. The summed E-state index contributed by atoms with van der Waals surface area (Å²) in [5.74, 6) is 0.514. The second-order valence-electron chi connectivity index (χ2n) is 2.62. The van der Waals surface area contributed by atoms with Crippen molar-refractivity contribution in [1.82, 2.24) is 15.1 Å². The van der Waals surface area contributed by atoms with Crippen molar-refractivity contribution < 1.29 is 4.52 Å². The lowest BCUT2D eigenvalue weighted by atomic mass is 10.2. The van der Waals surface area contributed by atoms with Crippen molar-refractivity contribution in [3.8, 4) is 11.5 Å². The molecule has 4 nitrogen and oxygen atoms in total. The quantitative estimate of drug-likeness (QED) is 0.753. The van der Waals surface area contributed by atoms with Crippen LogP contribution in [0.3, 0.4) is 0 Å². The summed E-state index contributed by atoms with van der Waals surface area (Å²) in [6, 6.07) is 1.95. The van der Waals surface area contributed by atoms with Gasteiger partial charge in [-0.2, -0.15) is 4.98 Å². The van der Waals surface area contributed by atoms with Gasteiger partial charge in [-0.05, 0) is 18.6 Å². The van der Waals surface area contributed by atoms with Crippen LogP contribution in [-0.2, 0) is 0 Å². The van der Waals surface area contributed by atoms with Gasteiger partial charge >= 0.3 is 0 Å². The Kier molecular flexibility index (Phi) is 2.26. The Morgan fingerprint density at radius 2 is 2.23 bits per heavy atom. The maximum atomic E-state index is 5.00. The number of rotatable bonds is 1. The minimum Gasteiger partial charge on any atom is -0.333 e. The number of aromatic nitrogens is 3. The molecule has 0 unspecified atom stereocenters. The minimum atomic E-state index is 0.514. The predicted octanol–water partition coefficient (Wildman–Crippen LogP) is 2.04. The summed E-state index contributed by atoms with van der Waals surface area (Å²) in [6.45, 7) is 1.97. The van der Waals surface area contributed by atoms with Crippen LogP contribution in [0.25, 0.3) is 11.5 Å². The van der Waals surface area contributed by atoms with Crippen molar-refractivity contribution >= 4 is 22.6 Å². The van der Waals surface area contributed by atoms with Crippen molar-refractivity contribution in [2.75, 3.05) is 0 Å². The summed E-state index contributed by atoms with van der Waals surface area (Å²) in [7, 11) is 0. The monoisotopic (exact) mass is 287 g/mol. The Labute approximate surface area is 88.5 Å². The smallest absolute Gasteiger partial charge is 0.260 e. The number of halogens is 1. The number of nitrogens with zero attached hydrogens (tertiary/aromatic N) is 3. The Balaban J connectivity index is 2.46. The largest absolute Gasteiger partial charge is 0.333 e. The standard InChI is InChI=1S/C8H6IN3O/c1-5-2-6(4-10-3-5)7-11-8(9)12-13-7/h2-4H,1H3. The number of hydrogen-bond acceptors (Lipinski definition) is 4. The fraction of sp³-hybridized carbons (Fsp3) is 0.125. The van der Waals surface area contributed by atoms with Crippen LogP contribution >= 0.6 is 22.6 Å². The van der Waals surface area contributed by atoms with Crippen LogP contribution in [0.15, 0.2) is 23.0 Å². The molecule has 0 aliphatic rings. The van der Waals surface area contributed by atoms with Crippen LogP contribution in [0.1, 0.15) is 5.56 Å². The number of pyridine rings is 1. The minimum absolute atomic E-state index is 0.514. The third-order valence-corrected chi connectivity index (χ3v) is 1.96. The first kappa shape index (κ1) is 8.61. The van der Waals surface area contributed by atoms with Crippen molar-refractivity contribution in [3.05, 3.63) is 27.9 Å². The summed E-state index contributed by atoms with van der Waals surface area (Å²) in [5, 5.41) is 3.70. The molecule has 0 aromatic carbocycles.